The number of rotatable bonds is 5. The minimum Gasteiger partial charge on any atom is -0.445 e. The van der Waals surface area contributed by atoms with Crippen LogP contribution in [0, 0.1) is 11.8 Å². The van der Waals surface area contributed by atoms with Gasteiger partial charge in [-0.3, -0.25) is 4.84 Å². The lowest BCUT2D eigenvalue weighted by Gasteiger charge is -2.26. The number of hydrogen-bond acceptors (Lipinski definition) is 6. The van der Waals surface area contributed by atoms with Crippen molar-refractivity contribution in [3.8, 4) is 0 Å². The summed E-state index contributed by atoms with van der Waals surface area (Å²) in [6.45, 7) is 10.5. The first-order valence-corrected chi connectivity index (χ1v) is 8.09. The molecule has 2 rings (SSSR count). The van der Waals surface area contributed by atoms with Gasteiger partial charge in [0.05, 0.1) is 0 Å². The number of aromatic nitrogens is 2. The monoisotopic (exact) mass is 340 g/mol. The molecule has 0 bridgehead atoms. The minimum atomic E-state index is -0.612. The highest BCUT2D eigenvalue weighted by Gasteiger charge is 2.28. The predicted molar refractivity (Wildman–Crippen MR) is 86.9 cm³/mol. The molecule has 0 spiro atoms. The van der Waals surface area contributed by atoms with Crippen molar-refractivity contribution in [3.05, 3.63) is 16.9 Å². The molecule has 1 aromatic rings. The Morgan fingerprint density at radius 1 is 1.38 bits per heavy atom. The lowest BCUT2D eigenvalue weighted by molar-refractivity contribution is -0.769. The van der Waals surface area contributed by atoms with Crippen LogP contribution >= 0.6 is 0 Å². The van der Waals surface area contributed by atoms with E-state index in [1.807, 2.05) is 0 Å². The molecule has 1 aromatic heterocycles. The highest BCUT2D eigenvalue weighted by atomic mass is 16.8. The first-order chi connectivity index (χ1) is 11.3. The first kappa shape index (κ1) is 18.2. The number of amides is 1. The van der Waals surface area contributed by atoms with Gasteiger partial charge in [0.25, 0.3) is 0 Å². The number of aryl methyl sites for hydroxylation is 1. The largest absolute Gasteiger partial charge is 0.445 e. The Bertz CT molecular complexity index is 587. The molecule has 2 heterocycles. The molecule has 9 nitrogen and oxygen atoms in total. The van der Waals surface area contributed by atoms with Crippen LogP contribution in [0.3, 0.4) is 0 Å². The molecular formula is C15H26N5O4+. The van der Waals surface area contributed by atoms with Crippen molar-refractivity contribution in [3.63, 3.8) is 0 Å². The Morgan fingerprint density at radius 3 is 2.67 bits per heavy atom. The number of hydrogen-bond donors (Lipinski definition) is 1. The summed E-state index contributed by atoms with van der Waals surface area (Å²) < 4.78 is 6.97. The lowest BCUT2D eigenvalue weighted by atomic mass is 10.2. The molecule has 0 saturated carbocycles. The summed E-state index contributed by atoms with van der Waals surface area (Å²) in [4.78, 5) is 35.7. The summed E-state index contributed by atoms with van der Waals surface area (Å²) in [5, 5.41) is 3.18. The molecule has 1 aliphatic heterocycles. The molecule has 1 saturated heterocycles. The molecular weight excluding hydrogens is 314 g/mol. The fourth-order valence-corrected chi connectivity index (χ4v) is 2.34. The van der Waals surface area contributed by atoms with E-state index in [1.165, 1.54) is 6.20 Å². The van der Waals surface area contributed by atoms with Crippen molar-refractivity contribution in [2.24, 2.45) is 0 Å². The zero-order valence-electron chi connectivity index (χ0n) is 14.7. The lowest BCUT2D eigenvalue weighted by Crippen LogP contribution is -2.46. The maximum absolute atomic E-state index is 12.1. The zero-order chi connectivity index (χ0) is 17.7. The Morgan fingerprint density at radius 2 is 2.04 bits per heavy atom. The molecule has 0 radical (unpaired) electrons. The molecule has 1 N–H and O–H groups in total. The first-order valence-electron chi connectivity index (χ1n) is 8.09. The summed E-state index contributed by atoms with van der Waals surface area (Å²) >= 11 is 0. The summed E-state index contributed by atoms with van der Waals surface area (Å²) in [5.41, 5.74) is -0.612. The second kappa shape index (κ2) is 7.61. The van der Waals surface area contributed by atoms with Gasteiger partial charge in [0.1, 0.15) is 19.3 Å². The number of piperazine rings is 1. The molecule has 134 valence electrons. The topological polar surface area (TPSA) is 88.7 Å². The molecule has 1 aliphatic rings. The van der Waals surface area contributed by atoms with Gasteiger partial charge in [0, 0.05) is 33.1 Å². The molecule has 0 unspecified atom stereocenters. The van der Waals surface area contributed by atoms with Gasteiger partial charge >= 0.3 is 11.9 Å². The number of ether oxygens (including phenoxy) is 1. The fourth-order valence-electron chi connectivity index (χ4n) is 2.34. The third kappa shape index (κ3) is 4.92. The van der Waals surface area contributed by atoms with Crippen molar-refractivity contribution in [2.45, 2.75) is 39.8 Å². The van der Waals surface area contributed by atoms with Gasteiger partial charge in [-0.1, -0.05) is 0 Å². The average Bonchev–Trinajstić information content (AvgIpc) is 2.88. The van der Waals surface area contributed by atoms with Crippen molar-refractivity contribution >= 4 is 11.9 Å². The standard InChI is InChI=1S/C15H26N5O4/c1-12-17-11-13(20(22)24-15(2,3)4)19(12)9-10-23-14(21)18-7-5-16-6-8-18/h11,16H,5-10H2,1-4H3/q+1. The quantitative estimate of drug-likeness (QED) is 0.815. The number of imidazole rings is 1. The van der Waals surface area contributed by atoms with Crippen LogP contribution < -0.4 is 5.32 Å². The normalized spacial score (nSPS) is 15.2. The van der Waals surface area contributed by atoms with Crippen molar-refractivity contribution in [1.82, 2.24) is 19.8 Å². The molecule has 24 heavy (non-hydrogen) atoms. The van der Waals surface area contributed by atoms with Crippen molar-refractivity contribution < 1.29 is 19.3 Å². The zero-order valence-corrected chi connectivity index (χ0v) is 14.7. The van der Waals surface area contributed by atoms with Crippen molar-refractivity contribution in [2.75, 3.05) is 32.8 Å². The summed E-state index contributed by atoms with van der Waals surface area (Å²) in [6.07, 6.45) is 1.12. The van der Waals surface area contributed by atoms with E-state index in [2.05, 4.69) is 10.3 Å². The van der Waals surface area contributed by atoms with Gasteiger partial charge in [-0.2, -0.15) is 0 Å². The third-order valence-corrected chi connectivity index (χ3v) is 3.49. The van der Waals surface area contributed by atoms with E-state index in [9.17, 15) is 9.70 Å². The van der Waals surface area contributed by atoms with Crippen molar-refractivity contribution in [1.29, 1.82) is 0 Å². The van der Waals surface area contributed by atoms with Crippen LogP contribution in [-0.2, 0) is 16.1 Å². The van der Waals surface area contributed by atoms with Gasteiger partial charge in [-0.15, -0.1) is 0 Å². The van der Waals surface area contributed by atoms with E-state index >= 15 is 0 Å². The predicted octanol–water partition coefficient (Wildman–Crippen LogP) is 1.37. The summed E-state index contributed by atoms with van der Waals surface area (Å²) in [6, 6.07) is 0. The maximum atomic E-state index is 12.1. The minimum absolute atomic E-state index is 0.163. The highest BCUT2D eigenvalue weighted by Crippen LogP contribution is 2.18. The van der Waals surface area contributed by atoms with Gasteiger partial charge < -0.3 is 15.0 Å². The SMILES string of the molecule is Cc1ncc([N+](=O)OC(C)(C)C)n1CCOC(=O)N1CCNCC1. The second-order valence-electron chi connectivity index (χ2n) is 6.63. The molecule has 0 aromatic carbocycles. The number of carbonyl (C=O) groups is 1. The Balaban J connectivity index is 1.91. The van der Waals surface area contributed by atoms with E-state index in [0.29, 0.717) is 30.4 Å². The Kier molecular flexibility index (Phi) is 5.76. The summed E-state index contributed by atoms with van der Waals surface area (Å²) in [5.74, 6) is 0.933. The van der Waals surface area contributed by atoms with Crippen LogP contribution in [0.2, 0.25) is 0 Å². The van der Waals surface area contributed by atoms with Crippen LogP contribution in [0.4, 0.5) is 10.6 Å². The van der Waals surface area contributed by atoms with E-state index in [4.69, 9.17) is 9.57 Å². The highest BCUT2D eigenvalue weighted by molar-refractivity contribution is 5.67. The number of nitrogens with zero attached hydrogens (tertiary/aromatic N) is 4. The molecule has 0 atom stereocenters. The Labute approximate surface area is 141 Å². The smallest absolute Gasteiger partial charge is 0.409 e. The van der Waals surface area contributed by atoms with Crippen LogP contribution in [0.1, 0.15) is 26.6 Å². The Hall–Kier alpha value is -2.16. The molecule has 9 heteroatoms. The van der Waals surface area contributed by atoms with Crippen LogP contribution in [0.25, 0.3) is 0 Å². The number of nitrogens with one attached hydrogen (secondary N) is 1. The van der Waals surface area contributed by atoms with Crippen LogP contribution in [0.15, 0.2) is 6.20 Å². The summed E-state index contributed by atoms with van der Waals surface area (Å²) in [7, 11) is 0. The van der Waals surface area contributed by atoms with E-state index in [0.717, 1.165) is 13.1 Å². The van der Waals surface area contributed by atoms with Gasteiger partial charge in [-0.25, -0.2) is 14.3 Å². The molecule has 0 aliphatic carbocycles. The van der Waals surface area contributed by atoms with E-state index < -0.39 is 5.60 Å². The third-order valence-electron chi connectivity index (χ3n) is 3.49. The molecule has 1 amide bonds. The van der Waals surface area contributed by atoms with Crippen LogP contribution in [0.5, 0.6) is 0 Å². The van der Waals surface area contributed by atoms with Gasteiger partial charge in [-0.05, 0) is 25.7 Å². The number of carbonyl (C=O) groups excluding carboxylic acids is 1. The average molecular weight is 340 g/mol. The van der Waals surface area contributed by atoms with Crippen LogP contribution in [-0.4, -0.2) is 63.9 Å². The fraction of sp³-hybridized carbons (Fsp3) is 0.733. The molecule has 1 fully saturated rings. The second-order valence-corrected chi connectivity index (χ2v) is 6.63. The van der Waals surface area contributed by atoms with Gasteiger partial charge in [0.15, 0.2) is 16.3 Å². The van der Waals surface area contributed by atoms with E-state index in [-0.39, 0.29) is 18.5 Å². The van der Waals surface area contributed by atoms with Gasteiger partial charge in [0.2, 0.25) is 0 Å². The van der Waals surface area contributed by atoms with E-state index in [1.54, 1.807) is 37.2 Å². The maximum Gasteiger partial charge on any atom is 0.409 e.